The molecule has 3 rings (SSSR count). The normalized spacial score (nSPS) is 11.2. The number of carbonyl (C=O) groups is 1. The number of likely N-dealkylation sites (N-methyl/N-ethyl adjacent to an activating group) is 1. The van der Waals surface area contributed by atoms with Crippen LogP contribution in [-0.2, 0) is 21.2 Å². The Morgan fingerprint density at radius 2 is 1.49 bits per heavy atom. The third kappa shape index (κ3) is 6.32. The van der Waals surface area contributed by atoms with Crippen molar-refractivity contribution in [3.05, 3.63) is 78.4 Å². The average molecular weight is 499 g/mol. The molecule has 1 amide bonds. The van der Waals surface area contributed by atoms with Gasteiger partial charge in [-0.1, -0.05) is 30.3 Å². The Morgan fingerprint density at radius 3 is 2.09 bits per heavy atom. The second-order valence-electron chi connectivity index (χ2n) is 7.74. The van der Waals surface area contributed by atoms with Gasteiger partial charge in [-0.2, -0.15) is 4.31 Å². The Labute approximate surface area is 206 Å². The number of hydrogen-bond donors (Lipinski definition) is 0. The second kappa shape index (κ2) is 11.7. The molecular formula is C26H30N2O6S. The Balaban J connectivity index is 1.89. The summed E-state index contributed by atoms with van der Waals surface area (Å²) in [7, 11) is 2.07. The standard InChI is InChI=1S/C26H30N2O6S/c1-27(21-10-12-22(32-2)13-11-21)26(29)19-28(17-16-20-8-6-5-7-9-20)35(30,31)23-14-15-24(33-3)25(18-23)34-4/h5-15,18H,16-17,19H2,1-4H3. The van der Waals surface area contributed by atoms with Crippen LogP contribution in [0.4, 0.5) is 5.69 Å². The summed E-state index contributed by atoms with van der Waals surface area (Å²) in [5, 5.41) is 0. The molecule has 0 aliphatic carbocycles. The van der Waals surface area contributed by atoms with Crippen LogP contribution in [0.3, 0.4) is 0 Å². The predicted octanol–water partition coefficient (Wildman–Crippen LogP) is 3.61. The number of carbonyl (C=O) groups excluding carboxylic acids is 1. The number of rotatable bonds is 11. The smallest absolute Gasteiger partial charge is 0.243 e. The van der Waals surface area contributed by atoms with Crippen LogP contribution < -0.4 is 19.1 Å². The SMILES string of the molecule is COc1ccc(N(C)C(=O)CN(CCc2ccccc2)S(=O)(=O)c2ccc(OC)c(OC)c2)cc1. The number of anilines is 1. The molecule has 0 bridgehead atoms. The molecule has 9 heteroatoms. The quantitative estimate of drug-likeness (QED) is 0.402. The molecule has 35 heavy (non-hydrogen) atoms. The molecule has 0 spiro atoms. The van der Waals surface area contributed by atoms with Gasteiger partial charge in [-0.05, 0) is 48.4 Å². The highest BCUT2D eigenvalue weighted by Crippen LogP contribution is 2.31. The Morgan fingerprint density at radius 1 is 0.829 bits per heavy atom. The molecule has 3 aromatic rings. The highest BCUT2D eigenvalue weighted by molar-refractivity contribution is 7.89. The maximum Gasteiger partial charge on any atom is 0.243 e. The summed E-state index contributed by atoms with van der Waals surface area (Å²) >= 11 is 0. The van der Waals surface area contributed by atoms with E-state index >= 15 is 0 Å². The summed E-state index contributed by atoms with van der Waals surface area (Å²) < 4.78 is 44.2. The lowest BCUT2D eigenvalue weighted by Crippen LogP contribution is -2.42. The fourth-order valence-electron chi connectivity index (χ4n) is 3.52. The summed E-state index contributed by atoms with van der Waals surface area (Å²) in [4.78, 5) is 14.6. The van der Waals surface area contributed by atoms with E-state index in [-0.39, 0.29) is 23.9 Å². The fourth-order valence-corrected chi connectivity index (χ4v) is 4.92. The number of nitrogens with zero attached hydrogens (tertiary/aromatic N) is 2. The van der Waals surface area contributed by atoms with E-state index in [1.165, 1.54) is 41.6 Å². The summed E-state index contributed by atoms with van der Waals surface area (Å²) in [5.41, 5.74) is 1.60. The van der Waals surface area contributed by atoms with E-state index in [1.807, 2.05) is 30.3 Å². The van der Waals surface area contributed by atoms with E-state index in [2.05, 4.69) is 0 Å². The molecule has 186 valence electrons. The molecule has 0 aliphatic heterocycles. The molecule has 0 aliphatic rings. The van der Waals surface area contributed by atoms with Gasteiger partial charge < -0.3 is 19.1 Å². The monoisotopic (exact) mass is 498 g/mol. The lowest BCUT2D eigenvalue weighted by Gasteiger charge is -2.25. The molecular weight excluding hydrogens is 468 g/mol. The van der Waals surface area contributed by atoms with E-state index in [1.54, 1.807) is 38.4 Å². The zero-order chi connectivity index (χ0) is 25.4. The van der Waals surface area contributed by atoms with Crippen molar-refractivity contribution in [2.24, 2.45) is 0 Å². The second-order valence-corrected chi connectivity index (χ2v) is 9.68. The van der Waals surface area contributed by atoms with Gasteiger partial charge in [0.05, 0.1) is 32.8 Å². The maximum absolute atomic E-state index is 13.6. The summed E-state index contributed by atoms with van der Waals surface area (Å²) in [5.74, 6) is 0.998. The zero-order valence-corrected chi connectivity index (χ0v) is 21.1. The van der Waals surface area contributed by atoms with Crippen molar-refractivity contribution >= 4 is 21.6 Å². The summed E-state index contributed by atoms with van der Waals surface area (Å²) in [6.45, 7) is -0.199. The van der Waals surface area contributed by atoms with Crippen LogP contribution in [0.2, 0.25) is 0 Å². The molecule has 0 fully saturated rings. The minimum atomic E-state index is -4.02. The molecule has 0 N–H and O–H groups in total. The molecule has 0 atom stereocenters. The number of amides is 1. The largest absolute Gasteiger partial charge is 0.497 e. The summed E-state index contributed by atoms with van der Waals surface area (Å²) in [6, 6.07) is 20.9. The first-order valence-electron chi connectivity index (χ1n) is 11.0. The van der Waals surface area contributed by atoms with Gasteiger partial charge >= 0.3 is 0 Å². The number of sulfonamides is 1. The molecule has 0 saturated carbocycles. The Hall–Kier alpha value is -3.56. The van der Waals surface area contributed by atoms with E-state index in [4.69, 9.17) is 14.2 Å². The van der Waals surface area contributed by atoms with Gasteiger partial charge in [0, 0.05) is 25.3 Å². The fraction of sp³-hybridized carbons (Fsp3) is 0.269. The van der Waals surface area contributed by atoms with Crippen LogP contribution in [-0.4, -0.2) is 60.1 Å². The molecule has 0 unspecified atom stereocenters. The van der Waals surface area contributed by atoms with Crippen molar-refractivity contribution in [2.75, 3.05) is 46.4 Å². The zero-order valence-electron chi connectivity index (χ0n) is 20.3. The first-order valence-corrected chi connectivity index (χ1v) is 12.4. The van der Waals surface area contributed by atoms with E-state index in [0.29, 0.717) is 29.4 Å². The van der Waals surface area contributed by atoms with Crippen LogP contribution in [0.5, 0.6) is 17.2 Å². The number of ether oxygens (including phenoxy) is 3. The van der Waals surface area contributed by atoms with Crippen LogP contribution >= 0.6 is 0 Å². The van der Waals surface area contributed by atoms with Gasteiger partial charge in [-0.15, -0.1) is 0 Å². The van der Waals surface area contributed by atoms with Crippen molar-refractivity contribution in [1.29, 1.82) is 0 Å². The van der Waals surface area contributed by atoms with Crippen molar-refractivity contribution < 1.29 is 27.4 Å². The number of hydrogen-bond acceptors (Lipinski definition) is 6. The van der Waals surface area contributed by atoms with Crippen LogP contribution in [0, 0.1) is 0 Å². The van der Waals surface area contributed by atoms with Crippen LogP contribution in [0.1, 0.15) is 5.56 Å². The minimum Gasteiger partial charge on any atom is -0.497 e. The van der Waals surface area contributed by atoms with Crippen molar-refractivity contribution in [3.8, 4) is 17.2 Å². The van der Waals surface area contributed by atoms with Crippen molar-refractivity contribution in [2.45, 2.75) is 11.3 Å². The van der Waals surface area contributed by atoms with E-state index in [9.17, 15) is 13.2 Å². The van der Waals surface area contributed by atoms with Crippen molar-refractivity contribution in [1.82, 2.24) is 4.31 Å². The third-order valence-corrected chi connectivity index (χ3v) is 7.47. The Bertz CT molecular complexity index is 1230. The van der Waals surface area contributed by atoms with Gasteiger partial charge in [-0.25, -0.2) is 8.42 Å². The van der Waals surface area contributed by atoms with Gasteiger partial charge in [0.15, 0.2) is 11.5 Å². The minimum absolute atomic E-state index is 0.0168. The lowest BCUT2D eigenvalue weighted by molar-refractivity contribution is -0.118. The number of methoxy groups -OCH3 is 3. The van der Waals surface area contributed by atoms with Crippen molar-refractivity contribution in [3.63, 3.8) is 0 Å². The first-order chi connectivity index (χ1) is 16.8. The van der Waals surface area contributed by atoms with E-state index in [0.717, 1.165) is 5.56 Å². The third-order valence-electron chi connectivity index (χ3n) is 5.63. The molecule has 0 saturated heterocycles. The lowest BCUT2D eigenvalue weighted by atomic mass is 10.1. The van der Waals surface area contributed by atoms with Gasteiger partial charge in [0.1, 0.15) is 5.75 Å². The highest BCUT2D eigenvalue weighted by Gasteiger charge is 2.29. The van der Waals surface area contributed by atoms with E-state index < -0.39 is 10.0 Å². The molecule has 0 heterocycles. The Kier molecular flexibility index (Phi) is 8.73. The topological polar surface area (TPSA) is 85.4 Å². The van der Waals surface area contributed by atoms with Gasteiger partial charge in [0.2, 0.25) is 15.9 Å². The highest BCUT2D eigenvalue weighted by atomic mass is 32.2. The van der Waals surface area contributed by atoms with Gasteiger partial charge in [-0.3, -0.25) is 4.79 Å². The maximum atomic E-state index is 13.6. The van der Waals surface area contributed by atoms with Gasteiger partial charge in [0.25, 0.3) is 0 Å². The molecule has 0 radical (unpaired) electrons. The number of benzene rings is 3. The van der Waals surface area contributed by atoms with Crippen LogP contribution in [0.15, 0.2) is 77.7 Å². The predicted molar refractivity (Wildman–Crippen MR) is 135 cm³/mol. The molecule has 3 aromatic carbocycles. The molecule has 8 nitrogen and oxygen atoms in total. The summed E-state index contributed by atoms with van der Waals surface area (Å²) in [6.07, 6.45) is 0.451. The first kappa shape index (κ1) is 26.1. The molecule has 0 aromatic heterocycles. The average Bonchev–Trinajstić information content (AvgIpc) is 2.90. The van der Waals surface area contributed by atoms with Crippen LogP contribution in [0.25, 0.3) is 0 Å².